The summed E-state index contributed by atoms with van der Waals surface area (Å²) >= 11 is 7.48. The summed E-state index contributed by atoms with van der Waals surface area (Å²) in [5, 5.41) is 1.15. The molecule has 0 bridgehead atoms. The number of carbonyl (C=O) groups excluding carboxylic acids is 1. The normalized spacial score (nSPS) is 16.1. The van der Waals surface area contributed by atoms with Crippen molar-refractivity contribution in [2.75, 3.05) is 26.2 Å². The van der Waals surface area contributed by atoms with Crippen molar-refractivity contribution in [1.82, 2.24) is 14.2 Å². The van der Waals surface area contributed by atoms with Crippen molar-refractivity contribution in [2.45, 2.75) is 31.6 Å². The Morgan fingerprint density at radius 1 is 1.19 bits per heavy atom. The van der Waals surface area contributed by atoms with Crippen LogP contribution in [0.2, 0.25) is 5.02 Å². The quantitative estimate of drug-likeness (QED) is 0.749. The van der Waals surface area contributed by atoms with Crippen molar-refractivity contribution < 1.29 is 13.2 Å². The zero-order chi connectivity index (χ0) is 19.8. The molecule has 3 rings (SSSR count). The summed E-state index contributed by atoms with van der Waals surface area (Å²) < 4.78 is 27.0. The van der Waals surface area contributed by atoms with E-state index in [0.29, 0.717) is 18.0 Å². The van der Waals surface area contributed by atoms with E-state index in [2.05, 4.69) is 4.98 Å². The number of aryl methyl sites for hydroxylation is 1. The molecule has 1 aliphatic rings. The van der Waals surface area contributed by atoms with E-state index in [1.807, 2.05) is 20.8 Å². The van der Waals surface area contributed by atoms with Gasteiger partial charge in [0, 0.05) is 32.1 Å². The van der Waals surface area contributed by atoms with E-state index >= 15 is 0 Å². The summed E-state index contributed by atoms with van der Waals surface area (Å²) in [5.41, 5.74) is 0.736. The maximum absolute atomic E-state index is 12.8. The number of halogens is 1. The van der Waals surface area contributed by atoms with Gasteiger partial charge < -0.3 is 4.90 Å². The third-order valence-corrected chi connectivity index (χ3v) is 8.33. The standard InChI is InChI=1S/C18H22ClN3O3S2/c1-12(2)17-20-13(3)16(26-17)18(23)21-8-10-22(11-9-21)27(24,25)15-7-5-4-6-14(15)19/h4-7,12H,8-11H2,1-3H3. The van der Waals surface area contributed by atoms with Crippen LogP contribution >= 0.6 is 22.9 Å². The maximum Gasteiger partial charge on any atom is 0.265 e. The number of sulfonamides is 1. The molecule has 1 saturated heterocycles. The van der Waals surface area contributed by atoms with Crippen LogP contribution in [0.3, 0.4) is 0 Å². The molecule has 2 aromatic rings. The van der Waals surface area contributed by atoms with Crippen LogP contribution < -0.4 is 0 Å². The zero-order valence-electron chi connectivity index (χ0n) is 15.5. The van der Waals surface area contributed by atoms with Gasteiger partial charge in [0.1, 0.15) is 9.77 Å². The average Bonchev–Trinajstić information content (AvgIpc) is 3.03. The molecule has 0 N–H and O–H groups in total. The number of nitrogens with zero attached hydrogens (tertiary/aromatic N) is 3. The third-order valence-electron chi connectivity index (χ3n) is 4.48. The van der Waals surface area contributed by atoms with Gasteiger partial charge >= 0.3 is 0 Å². The fourth-order valence-electron chi connectivity index (χ4n) is 2.93. The fourth-order valence-corrected chi connectivity index (χ4v) is 5.88. The highest BCUT2D eigenvalue weighted by Crippen LogP contribution is 2.28. The van der Waals surface area contributed by atoms with E-state index < -0.39 is 10.0 Å². The van der Waals surface area contributed by atoms with Crippen molar-refractivity contribution in [2.24, 2.45) is 0 Å². The molecule has 0 atom stereocenters. The lowest BCUT2D eigenvalue weighted by atomic mass is 10.2. The van der Waals surface area contributed by atoms with Gasteiger partial charge in [-0.25, -0.2) is 13.4 Å². The first kappa shape index (κ1) is 20.3. The first-order chi connectivity index (χ1) is 12.7. The Morgan fingerprint density at radius 2 is 1.81 bits per heavy atom. The number of carbonyl (C=O) groups is 1. The summed E-state index contributed by atoms with van der Waals surface area (Å²) in [5.74, 6) is 0.194. The first-order valence-corrected chi connectivity index (χ1v) is 11.4. The van der Waals surface area contributed by atoms with Crippen LogP contribution in [0, 0.1) is 6.92 Å². The molecule has 1 aromatic heterocycles. The van der Waals surface area contributed by atoms with E-state index in [0.717, 1.165) is 10.7 Å². The van der Waals surface area contributed by atoms with Gasteiger partial charge in [-0.3, -0.25) is 4.79 Å². The van der Waals surface area contributed by atoms with Gasteiger partial charge in [-0.05, 0) is 19.1 Å². The number of amides is 1. The molecule has 0 aliphatic carbocycles. The molecule has 2 heterocycles. The van der Waals surface area contributed by atoms with Gasteiger partial charge in [-0.15, -0.1) is 11.3 Å². The van der Waals surface area contributed by atoms with Crippen LogP contribution in [-0.2, 0) is 10.0 Å². The number of hydrogen-bond acceptors (Lipinski definition) is 5. The average molecular weight is 428 g/mol. The molecule has 9 heteroatoms. The van der Waals surface area contributed by atoms with Crippen molar-refractivity contribution in [3.63, 3.8) is 0 Å². The maximum atomic E-state index is 12.8. The predicted molar refractivity (Wildman–Crippen MR) is 107 cm³/mol. The molecule has 0 spiro atoms. The Hall–Kier alpha value is -1.48. The minimum atomic E-state index is -3.67. The van der Waals surface area contributed by atoms with Crippen molar-refractivity contribution in [3.8, 4) is 0 Å². The van der Waals surface area contributed by atoms with E-state index in [4.69, 9.17) is 11.6 Å². The second-order valence-corrected chi connectivity index (χ2v) is 10.1. The Morgan fingerprint density at radius 3 is 2.37 bits per heavy atom. The van der Waals surface area contributed by atoms with Crippen molar-refractivity contribution in [1.29, 1.82) is 0 Å². The SMILES string of the molecule is Cc1nc(C(C)C)sc1C(=O)N1CCN(S(=O)(=O)c2ccccc2Cl)CC1. The number of thiazole rings is 1. The second kappa shape index (κ2) is 7.87. The number of aromatic nitrogens is 1. The predicted octanol–water partition coefficient (Wildman–Crippen LogP) is 3.38. The second-order valence-electron chi connectivity index (χ2n) is 6.75. The highest BCUT2D eigenvalue weighted by Gasteiger charge is 2.32. The minimum absolute atomic E-state index is 0.0771. The lowest BCUT2D eigenvalue weighted by molar-refractivity contribution is 0.0702. The molecule has 1 fully saturated rings. The van der Waals surface area contributed by atoms with Crippen LogP contribution in [0.5, 0.6) is 0 Å². The highest BCUT2D eigenvalue weighted by molar-refractivity contribution is 7.89. The van der Waals surface area contributed by atoms with Crippen molar-refractivity contribution >= 4 is 38.9 Å². The molecular formula is C18H22ClN3O3S2. The number of piperazine rings is 1. The summed E-state index contributed by atoms with van der Waals surface area (Å²) in [6.07, 6.45) is 0. The molecule has 0 saturated carbocycles. The van der Waals surface area contributed by atoms with Gasteiger partial charge in [-0.2, -0.15) is 4.31 Å². The summed E-state index contributed by atoms with van der Waals surface area (Å²) in [6, 6.07) is 6.41. The molecule has 1 amide bonds. The molecule has 27 heavy (non-hydrogen) atoms. The number of rotatable bonds is 4. The van der Waals surface area contributed by atoms with E-state index in [-0.39, 0.29) is 34.8 Å². The summed E-state index contributed by atoms with van der Waals surface area (Å²) in [6.45, 7) is 7.11. The summed E-state index contributed by atoms with van der Waals surface area (Å²) in [4.78, 5) is 19.8. The Balaban J connectivity index is 1.72. The monoisotopic (exact) mass is 427 g/mol. The topological polar surface area (TPSA) is 70.6 Å². The highest BCUT2D eigenvalue weighted by atomic mass is 35.5. The minimum Gasteiger partial charge on any atom is -0.335 e. The van der Waals surface area contributed by atoms with Crippen molar-refractivity contribution in [3.05, 3.63) is 44.9 Å². The Labute approximate surface area is 168 Å². The lowest BCUT2D eigenvalue weighted by Gasteiger charge is -2.34. The van der Waals surface area contributed by atoms with Gasteiger partial charge in [0.15, 0.2) is 0 Å². The number of benzene rings is 1. The Kier molecular flexibility index (Phi) is 5.90. The molecule has 0 unspecified atom stereocenters. The van der Waals surface area contributed by atoms with Crippen LogP contribution in [0.1, 0.15) is 40.1 Å². The van der Waals surface area contributed by atoms with E-state index in [1.54, 1.807) is 23.1 Å². The van der Waals surface area contributed by atoms with Gasteiger partial charge in [0.2, 0.25) is 10.0 Å². The Bertz CT molecular complexity index is 949. The molecule has 0 radical (unpaired) electrons. The molecular weight excluding hydrogens is 406 g/mol. The lowest BCUT2D eigenvalue weighted by Crippen LogP contribution is -2.50. The van der Waals surface area contributed by atoms with Crippen LogP contribution in [0.4, 0.5) is 0 Å². The molecule has 1 aliphatic heterocycles. The molecule has 1 aromatic carbocycles. The smallest absolute Gasteiger partial charge is 0.265 e. The van der Waals surface area contributed by atoms with Crippen LogP contribution in [0.25, 0.3) is 0 Å². The molecule has 146 valence electrons. The van der Waals surface area contributed by atoms with Crippen LogP contribution in [0.15, 0.2) is 29.2 Å². The van der Waals surface area contributed by atoms with E-state index in [9.17, 15) is 13.2 Å². The first-order valence-electron chi connectivity index (χ1n) is 8.73. The van der Waals surface area contributed by atoms with Gasteiger partial charge in [0.05, 0.1) is 15.7 Å². The third kappa shape index (κ3) is 4.03. The number of hydrogen-bond donors (Lipinski definition) is 0. The largest absolute Gasteiger partial charge is 0.335 e. The van der Waals surface area contributed by atoms with Gasteiger partial charge in [-0.1, -0.05) is 37.6 Å². The molecule has 6 nitrogen and oxygen atoms in total. The van der Waals surface area contributed by atoms with E-state index in [1.165, 1.54) is 21.7 Å². The van der Waals surface area contributed by atoms with Gasteiger partial charge in [0.25, 0.3) is 5.91 Å². The fraction of sp³-hybridized carbons (Fsp3) is 0.444. The van der Waals surface area contributed by atoms with Crippen LogP contribution in [-0.4, -0.2) is 54.7 Å². The zero-order valence-corrected chi connectivity index (χ0v) is 17.9. The summed E-state index contributed by atoms with van der Waals surface area (Å²) in [7, 11) is -3.67.